The van der Waals surface area contributed by atoms with Crippen LogP contribution in [0.15, 0.2) is 40.9 Å². The second-order valence-corrected chi connectivity index (χ2v) is 11.0. The van der Waals surface area contributed by atoms with E-state index < -0.39 is 11.2 Å². The zero-order chi connectivity index (χ0) is 24.3. The van der Waals surface area contributed by atoms with E-state index >= 15 is 0 Å². The Balaban J connectivity index is 1.56. The van der Waals surface area contributed by atoms with Crippen molar-refractivity contribution in [1.29, 1.82) is 0 Å². The summed E-state index contributed by atoms with van der Waals surface area (Å²) in [7, 11) is 0. The van der Waals surface area contributed by atoms with Gasteiger partial charge in [-0.1, -0.05) is 45.0 Å². The summed E-state index contributed by atoms with van der Waals surface area (Å²) in [5, 5.41) is 0. The third-order valence-electron chi connectivity index (χ3n) is 7.27. The second-order valence-electron chi connectivity index (χ2n) is 10.2. The van der Waals surface area contributed by atoms with Gasteiger partial charge in [0, 0.05) is 37.0 Å². The maximum atomic E-state index is 13.3. The minimum Gasteiger partial charge on any atom is -0.458 e. The third-order valence-corrected chi connectivity index (χ3v) is 7.89. The van der Waals surface area contributed by atoms with Gasteiger partial charge in [0.15, 0.2) is 11.6 Å². The number of rotatable bonds is 6. The molecule has 3 fully saturated rings. The summed E-state index contributed by atoms with van der Waals surface area (Å²) in [4.78, 5) is 26.2. The van der Waals surface area contributed by atoms with Gasteiger partial charge < -0.3 is 14.2 Å². The molecule has 2 saturated carbocycles. The number of hydrogen-bond donors (Lipinski definition) is 0. The highest BCUT2D eigenvalue weighted by Crippen LogP contribution is 2.56. The van der Waals surface area contributed by atoms with Crippen LogP contribution in [-0.2, 0) is 19.0 Å². The summed E-state index contributed by atoms with van der Waals surface area (Å²) < 4.78 is 18.5. The Hall–Kier alpha value is -1.94. The first kappa shape index (κ1) is 25.2. The average Bonchev–Trinajstić information content (AvgIpc) is 3.50. The Labute approximate surface area is 210 Å². The van der Waals surface area contributed by atoms with Crippen LogP contribution in [0.4, 0.5) is 0 Å². The van der Waals surface area contributed by atoms with Crippen LogP contribution in [-0.4, -0.2) is 36.9 Å². The van der Waals surface area contributed by atoms with Crippen molar-refractivity contribution in [1.82, 2.24) is 0 Å². The van der Waals surface area contributed by atoms with E-state index in [9.17, 15) is 9.59 Å². The molecule has 1 aliphatic heterocycles. The SMILES string of the molecule is CCC#CCC(C)(C)C(=O)/C(Br)=C/[C@@H]1[C@H]2CC3(C[C@H]2C[C@H]1OC(=O)c1ccccc1)OCCO3. The van der Waals surface area contributed by atoms with Crippen LogP contribution >= 0.6 is 15.9 Å². The van der Waals surface area contributed by atoms with Crippen molar-refractivity contribution in [2.45, 2.75) is 64.8 Å². The third kappa shape index (κ3) is 5.32. The molecule has 1 saturated heterocycles. The number of benzene rings is 1. The Morgan fingerprint density at radius 2 is 1.88 bits per heavy atom. The maximum absolute atomic E-state index is 13.3. The molecule has 182 valence electrons. The summed E-state index contributed by atoms with van der Waals surface area (Å²) in [6, 6.07) is 9.05. The van der Waals surface area contributed by atoms with Crippen LogP contribution in [0.25, 0.3) is 0 Å². The highest BCUT2D eigenvalue weighted by atomic mass is 79.9. The molecule has 4 rings (SSSR count). The molecule has 0 radical (unpaired) electrons. The summed E-state index contributed by atoms with van der Waals surface area (Å²) in [6.07, 6.45) is 5.22. The highest BCUT2D eigenvalue weighted by Gasteiger charge is 2.57. The van der Waals surface area contributed by atoms with Gasteiger partial charge >= 0.3 is 5.97 Å². The summed E-state index contributed by atoms with van der Waals surface area (Å²) in [5.41, 5.74) is -0.0766. The van der Waals surface area contributed by atoms with Crippen LogP contribution in [0.1, 0.15) is 63.2 Å². The van der Waals surface area contributed by atoms with Gasteiger partial charge in [-0.3, -0.25) is 4.79 Å². The average molecular weight is 529 g/mol. The Morgan fingerprint density at radius 3 is 2.56 bits per heavy atom. The first-order valence-corrected chi connectivity index (χ1v) is 13.0. The number of halogens is 1. The van der Waals surface area contributed by atoms with Crippen molar-refractivity contribution < 1.29 is 23.8 Å². The molecule has 0 amide bonds. The lowest BCUT2D eigenvalue weighted by Gasteiger charge is -2.27. The molecule has 1 heterocycles. The van der Waals surface area contributed by atoms with E-state index in [1.807, 2.05) is 45.0 Å². The van der Waals surface area contributed by atoms with Crippen molar-refractivity contribution >= 4 is 27.7 Å². The largest absolute Gasteiger partial charge is 0.458 e. The van der Waals surface area contributed by atoms with E-state index in [2.05, 4.69) is 27.8 Å². The fourth-order valence-corrected chi connectivity index (χ4v) is 6.37. The quantitative estimate of drug-likeness (QED) is 0.270. The minimum atomic E-state index is -0.611. The lowest BCUT2D eigenvalue weighted by Crippen LogP contribution is -2.31. The molecule has 34 heavy (non-hydrogen) atoms. The van der Waals surface area contributed by atoms with Crippen molar-refractivity contribution in [3.8, 4) is 11.8 Å². The summed E-state index contributed by atoms with van der Waals surface area (Å²) in [6.45, 7) is 7.06. The number of Topliss-reactive ketones (excluding diaryl/α,β-unsaturated/α-hetero) is 1. The lowest BCUT2D eigenvalue weighted by atomic mass is 9.83. The van der Waals surface area contributed by atoms with Crippen LogP contribution in [0.5, 0.6) is 0 Å². The minimum absolute atomic E-state index is 0.00978. The molecule has 4 atom stereocenters. The molecule has 5 nitrogen and oxygen atoms in total. The van der Waals surface area contributed by atoms with Gasteiger partial charge in [0.1, 0.15) is 6.10 Å². The summed E-state index contributed by atoms with van der Waals surface area (Å²) >= 11 is 3.57. The predicted molar refractivity (Wildman–Crippen MR) is 133 cm³/mol. The van der Waals surface area contributed by atoms with E-state index in [4.69, 9.17) is 14.2 Å². The monoisotopic (exact) mass is 528 g/mol. The molecule has 0 aromatic heterocycles. The number of ether oxygens (including phenoxy) is 3. The van der Waals surface area contributed by atoms with Gasteiger partial charge in [-0.05, 0) is 46.3 Å². The topological polar surface area (TPSA) is 61.8 Å². The lowest BCUT2D eigenvalue weighted by molar-refractivity contribution is -0.157. The van der Waals surface area contributed by atoms with Gasteiger partial charge in [-0.25, -0.2) is 4.79 Å². The molecule has 2 aliphatic carbocycles. The molecule has 1 spiro atoms. The van der Waals surface area contributed by atoms with Crippen molar-refractivity contribution in [2.24, 2.45) is 23.2 Å². The number of hydrogen-bond acceptors (Lipinski definition) is 5. The molecule has 0 unspecified atom stereocenters. The van der Waals surface area contributed by atoms with Crippen molar-refractivity contribution in [2.75, 3.05) is 13.2 Å². The highest BCUT2D eigenvalue weighted by molar-refractivity contribution is 9.12. The fourth-order valence-electron chi connectivity index (χ4n) is 5.53. The van der Waals surface area contributed by atoms with Gasteiger partial charge in [0.25, 0.3) is 0 Å². The molecule has 3 aliphatic rings. The fraction of sp³-hybridized carbons (Fsp3) is 0.571. The van der Waals surface area contributed by atoms with Crippen molar-refractivity contribution in [3.63, 3.8) is 0 Å². The molecular weight excluding hydrogens is 496 g/mol. The van der Waals surface area contributed by atoms with E-state index in [-0.39, 0.29) is 29.7 Å². The van der Waals surface area contributed by atoms with Crippen LogP contribution in [0.2, 0.25) is 0 Å². The van der Waals surface area contributed by atoms with E-state index in [0.29, 0.717) is 35.6 Å². The zero-order valence-electron chi connectivity index (χ0n) is 20.1. The standard InChI is InChI=1S/C28H33BrO5/c1-4-5-9-12-27(2,3)25(30)23(29)16-21-22-18-28(32-13-14-33-28)17-20(22)15-24(21)34-26(31)19-10-7-6-8-11-19/h6-8,10-11,16,20-22,24H,4,12-15,17-18H2,1-3H3/b23-16-/t20-,21-,22+,24-/m1/s1. The van der Waals surface area contributed by atoms with Gasteiger partial charge in [0.2, 0.25) is 0 Å². The van der Waals surface area contributed by atoms with Crippen LogP contribution < -0.4 is 0 Å². The molecule has 0 N–H and O–H groups in total. The Bertz CT molecular complexity index is 997. The van der Waals surface area contributed by atoms with Crippen LogP contribution in [0.3, 0.4) is 0 Å². The number of fused-ring (bicyclic) bond motifs is 1. The van der Waals surface area contributed by atoms with Gasteiger partial charge in [0.05, 0.1) is 23.3 Å². The molecule has 1 aromatic rings. The number of allylic oxidation sites excluding steroid dienone is 1. The van der Waals surface area contributed by atoms with E-state index in [0.717, 1.165) is 25.7 Å². The first-order valence-electron chi connectivity index (χ1n) is 12.2. The Morgan fingerprint density at radius 1 is 1.18 bits per heavy atom. The molecule has 6 heteroatoms. The van der Waals surface area contributed by atoms with E-state index in [1.165, 1.54) is 0 Å². The maximum Gasteiger partial charge on any atom is 0.338 e. The Kier molecular flexibility index (Phi) is 7.66. The second kappa shape index (κ2) is 10.4. The molecule has 0 bridgehead atoms. The van der Waals surface area contributed by atoms with Gasteiger partial charge in [-0.15, -0.1) is 11.8 Å². The first-order chi connectivity index (χ1) is 16.2. The van der Waals surface area contributed by atoms with Gasteiger partial charge in [-0.2, -0.15) is 0 Å². The van der Waals surface area contributed by atoms with Crippen LogP contribution in [0, 0.1) is 35.0 Å². The number of carbonyl (C=O) groups excluding carboxylic acids is 2. The van der Waals surface area contributed by atoms with Crippen molar-refractivity contribution in [3.05, 3.63) is 46.5 Å². The summed E-state index contributed by atoms with van der Waals surface area (Å²) in [5.74, 6) is 5.74. The zero-order valence-corrected chi connectivity index (χ0v) is 21.7. The number of esters is 1. The van der Waals surface area contributed by atoms with E-state index in [1.54, 1.807) is 12.1 Å². The normalized spacial score (nSPS) is 27.8. The smallest absolute Gasteiger partial charge is 0.338 e. The molecular formula is C28H33BrO5. The predicted octanol–water partition coefficient (Wildman–Crippen LogP) is 5.68. The number of ketones is 1. The number of carbonyl (C=O) groups is 2. The molecule has 1 aromatic carbocycles.